The molecule has 9 heteroatoms. The molecule has 1 amide bonds. The highest BCUT2D eigenvalue weighted by Crippen LogP contribution is 2.38. The number of halogens is 1. The lowest BCUT2D eigenvalue weighted by molar-refractivity contribution is -0.135. The minimum absolute atomic E-state index is 0.253. The largest absolute Gasteiger partial charge is 0.493 e. The zero-order chi connectivity index (χ0) is 23.4. The van der Waals surface area contributed by atoms with E-state index in [0.29, 0.717) is 29.2 Å². The number of thiophene rings is 1. The lowest BCUT2D eigenvalue weighted by Crippen LogP contribution is -2.31. The minimum atomic E-state index is -0.325. The molecule has 2 heterocycles. The zero-order valence-electron chi connectivity index (χ0n) is 17.9. The molecule has 0 N–H and O–H groups in total. The van der Waals surface area contributed by atoms with Gasteiger partial charge in [0.2, 0.25) is 0 Å². The summed E-state index contributed by atoms with van der Waals surface area (Å²) < 4.78 is 16.4. The Morgan fingerprint density at radius 2 is 1.97 bits per heavy atom. The number of hydrogen-bond donors (Lipinski definition) is 0. The average Bonchev–Trinajstić information content (AvgIpc) is 3.53. The van der Waals surface area contributed by atoms with Crippen LogP contribution in [0.3, 0.4) is 0 Å². The van der Waals surface area contributed by atoms with Crippen LogP contribution in [0, 0.1) is 11.3 Å². The van der Waals surface area contributed by atoms with Crippen molar-refractivity contribution >= 4 is 34.6 Å². The number of amides is 1. The van der Waals surface area contributed by atoms with Crippen LogP contribution in [-0.4, -0.2) is 37.5 Å². The van der Waals surface area contributed by atoms with Gasteiger partial charge in [-0.1, -0.05) is 23.7 Å². The van der Waals surface area contributed by atoms with Gasteiger partial charge in [0.25, 0.3) is 5.91 Å². The predicted molar refractivity (Wildman–Crippen MR) is 126 cm³/mol. The second-order valence-corrected chi connectivity index (χ2v) is 8.50. The van der Waals surface area contributed by atoms with Crippen LogP contribution in [0.2, 0.25) is 5.02 Å². The smallest absolute Gasteiger partial charge is 0.281 e. The van der Waals surface area contributed by atoms with Crippen LogP contribution in [0.4, 0.5) is 0 Å². The van der Waals surface area contributed by atoms with Gasteiger partial charge in [-0.2, -0.15) is 10.4 Å². The molecule has 3 aromatic rings. The minimum Gasteiger partial charge on any atom is -0.493 e. The Bertz CT molecular complexity index is 1240. The molecule has 168 valence electrons. The number of rotatable bonds is 7. The molecule has 1 aromatic heterocycles. The fourth-order valence-electron chi connectivity index (χ4n) is 3.54. The van der Waals surface area contributed by atoms with E-state index in [1.807, 2.05) is 41.8 Å². The van der Waals surface area contributed by atoms with Gasteiger partial charge >= 0.3 is 0 Å². The molecule has 1 atom stereocenters. The van der Waals surface area contributed by atoms with Gasteiger partial charge in [-0.3, -0.25) is 4.79 Å². The van der Waals surface area contributed by atoms with Gasteiger partial charge in [-0.05, 0) is 47.3 Å². The first-order valence-electron chi connectivity index (χ1n) is 10.0. The van der Waals surface area contributed by atoms with Gasteiger partial charge < -0.3 is 14.2 Å². The maximum Gasteiger partial charge on any atom is 0.281 e. The Labute approximate surface area is 200 Å². The fourth-order valence-corrected chi connectivity index (χ4v) is 4.50. The number of carbonyl (C=O) groups excluding carboxylic acids is 1. The van der Waals surface area contributed by atoms with Gasteiger partial charge in [0.05, 0.1) is 47.5 Å². The summed E-state index contributed by atoms with van der Waals surface area (Å²) in [5.41, 5.74) is 2.11. The summed E-state index contributed by atoms with van der Waals surface area (Å²) >= 11 is 7.75. The van der Waals surface area contributed by atoms with Crippen molar-refractivity contribution in [2.45, 2.75) is 12.5 Å². The van der Waals surface area contributed by atoms with Gasteiger partial charge in [0.15, 0.2) is 18.1 Å². The molecule has 0 fully saturated rings. The van der Waals surface area contributed by atoms with E-state index in [0.717, 1.165) is 16.2 Å². The summed E-state index contributed by atoms with van der Waals surface area (Å²) in [5, 5.41) is 17.3. The molecular weight excluding hydrogens is 462 g/mol. The Morgan fingerprint density at radius 3 is 2.64 bits per heavy atom. The quantitative estimate of drug-likeness (QED) is 0.471. The van der Waals surface area contributed by atoms with Gasteiger partial charge in [0.1, 0.15) is 5.75 Å². The lowest BCUT2D eigenvalue weighted by atomic mass is 10.0. The van der Waals surface area contributed by atoms with Crippen LogP contribution in [0.15, 0.2) is 59.0 Å². The third-order valence-electron chi connectivity index (χ3n) is 5.18. The summed E-state index contributed by atoms with van der Waals surface area (Å²) in [5.74, 6) is 1.19. The summed E-state index contributed by atoms with van der Waals surface area (Å²) in [6.07, 6.45) is 0.555. The molecule has 0 saturated heterocycles. The number of ether oxygens (including phenoxy) is 3. The predicted octanol–water partition coefficient (Wildman–Crippen LogP) is 5.05. The molecule has 33 heavy (non-hydrogen) atoms. The van der Waals surface area contributed by atoms with E-state index < -0.39 is 0 Å². The Balaban J connectivity index is 1.59. The maximum atomic E-state index is 13.2. The van der Waals surface area contributed by atoms with Crippen molar-refractivity contribution in [3.63, 3.8) is 0 Å². The molecule has 7 nitrogen and oxygen atoms in total. The summed E-state index contributed by atoms with van der Waals surface area (Å²) in [6, 6.07) is 15.8. The second kappa shape index (κ2) is 9.94. The van der Waals surface area contributed by atoms with Crippen LogP contribution in [0.1, 0.15) is 28.5 Å². The molecular formula is C24H20ClN3O4S. The van der Waals surface area contributed by atoms with E-state index >= 15 is 0 Å². The van der Waals surface area contributed by atoms with Crippen molar-refractivity contribution in [2.24, 2.45) is 5.10 Å². The first-order chi connectivity index (χ1) is 16.0. The fraction of sp³-hybridized carbons (Fsp3) is 0.208. The van der Waals surface area contributed by atoms with Crippen molar-refractivity contribution in [1.29, 1.82) is 5.26 Å². The van der Waals surface area contributed by atoms with E-state index in [1.54, 1.807) is 37.7 Å². The van der Waals surface area contributed by atoms with Crippen LogP contribution >= 0.6 is 22.9 Å². The average molecular weight is 482 g/mol. The number of nitriles is 1. The number of hydrogen-bond acceptors (Lipinski definition) is 7. The molecule has 0 spiro atoms. The van der Waals surface area contributed by atoms with Crippen molar-refractivity contribution in [3.8, 4) is 23.3 Å². The molecule has 0 radical (unpaired) electrons. The Kier molecular flexibility index (Phi) is 6.82. The normalized spacial score (nSPS) is 15.0. The molecule has 0 bridgehead atoms. The third kappa shape index (κ3) is 4.80. The SMILES string of the molecule is COc1ccc(C2CC(c3cccs3)=NN2C(=O)COc2ccc(C#N)cc2Cl)cc1OC. The van der Waals surface area contributed by atoms with Crippen molar-refractivity contribution in [2.75, 3.05) is 20.8 Å². The third-order valence-corrected chi connectivity index (χ3v) is 6.39. The lowest BCUT2D eigenvalue weighted by Gasteiger charge is -2.23. The van der Waals surface area contributed by atoms with Crippen molar-refractivity contribution in [1.82, 2.24) is 5.01 Å². The van der Waals surface area contributed by atoms with Crippen molar-refractivity contribution in [3.05, 3.63) is 74.9 Å². The van der Waals surface area contributed by atoms with Gasteiger partial charge in [0, 0.05) is 6.42 Å². The van der Waals surface area contributed by atoms with E-state index in [-0.39, 0.29) is 23.6 Å². The van der Waals surface area contributed by atoms with E-state index in [9.17, 15) is 4.79 Å². The maximum absolute atomic E-state index is 13.2. The number of carbonyl (C=O) groups is 1. The van der Waals surface area contributed by atoms with E-state index in [2.05, 4.69) is 5.10 Å². The highest BCUT2D eigenvalue weighted by atomic mass is 35.5. The van der Waals surface area contributed by atoms with Crippen LogP contribution < -0.4 is 14.2 Å². The molecule has 1 unspecified atom stereocenters. The van der Waals surface area contributed by atoms with Gasteiger partial charge in [-0.15, -0.1) is 11.3 Å². The standard InChI is InChI=1S/C24H20ClN3O4S/c1-30-21-8-6-16(11-22(21)31-2)19-12-18(23-4-3-9-33-23)27-28(19)24(29)14-32-20-7-5-15(13-26)10-17(20)25/h3-11,19H,12,14H2,1-2H3. The molecule has 2 aromatic carbocycles. The molecule has 4 rings (SSSR count). The van der Waals surface area contributed by atoms with Crippen LogP contribution in [0.5, 0.6) is 17.2 Å². The first kappa shape index (κ1) is 22.6. The number of hydrazone groups is 1. The summed E-state index contributed by atoms with van der Waals surface area (Å²) in [7, 11) is 3.15. The van der Waals surface area contributed by atoms with Crippen LogP contribution in [-0.2, 0) is 4.79 Å². The molecule has 0 aliphatic carbocycles. The first-order valence-corrected chi connectivity index (χ1v) is 11.3. The zero-order valence-corrected chi connectivity index (χ0v) is 19.5. The molecule has 1 aliphatic heterocycles. The highest BCUT2D eigenvalue weighted by molar-refractivity contribution is 7.12. The molecule has 0 saturated carbocycles. The number of nitrogens with zero attached hydrogens (tertiary/aromatic N) is 3. The summed E-state index contributed by atoms with van der Waals surface area (Å²) in [6.45, 7) is -0.253. The van der Waals surface area contributed by atoms with Crippen molar-refractivity contribution < 1.29 is 19.0 Å². The monoisotopic (exact) mass is 481 g/mol. The summed E-state index contributed by atoms with van der Waals surface area (Å²) in [4.78, 5) is 14.2. The van der Waals surface area contributed by atoms with E-state index in [4.69, 9.17) is 31.1 Å². The van der Waals surface area contributed by atoms with Gasteiger partial charge in [-0.25, -0.2) is 5.01 Å². The topological polar surface area (TPSA) is 84.1 Å². The Morgan fingerprint density at radius 1 is 1.18 bits per heavy atom. The number of methoxy groups -OCH3 is 2. The second-order valence-electron chi connectivity index (χ2n) is 7.14. The van der Waals surface area contributed by atoms with E-state index in [1.165, 1.54) is 11.1 Å². The number of benzene rings is 2. The molecule has 1 aliphatic rings. The Hall–Kier alpha value is -3.54. The van der Waals surface area contributed by atoms with Crippen LogP contribution in [0.25, 0.3) is 0 Å². The highest BCUT2D eigenvalue weighted by Gasteiger charge is 2.34.